The molecule has 2 nitrogen and oxygen atoms in total. The molecule has 0 amide bonds. The summed E-state index contributed by atoms with van der Waals surface area (Å²) < 4.78 is 11.5. The molecule has 1 rings (SSSR count). The molecule has 18 heavy (non-hydrogen) atoms. The van der Waals surface area contributed by atoms with Gasteiger partial charge in [-0.3, -0.25) is 0 Å². The van der Waals surface area contributed by atoms with E-state index in [0.717, 1.165) is 18.6 Å². The summed E-state index contributed by atoms with van der Waals surface area (Å²) >= 11 is 0. The average Bonchev–Trinajstić information content (AvgIpc) is 2.37. The third-order valence-electron chi connectivity index (χ3n) is 2.95. The predicted molar refractivity (Wildman–Crippen MR) is 76.2 cm³/mol. The molecule has 1 aromatic carbocycles. The number of rotatable bonds is 9. The van der Waals surface area contributed by atoms with Gasteiger partial charge in [0, 0.05) is 0 Å². The Labute approximate surface area is 111 Å². The van der Waals surface area contributed by atoms with Crippen LogP contribution in [0.1, 0.15) is 45.1 Å². The number of ether oxygens (including phenoxy) is 2. The maximum absolute atomic E-state index is 5.84. The number of benzene rings is 1. The topological polar surface area (TPSA) is 18.5 Å². The fourth-order valence-electron chi connectivity index (χ4n) is 1.96. The summed E-state index contributed by atoms with van der Waals surface area (Å²) in [6.07, 6.45) is 5.07. The zero-order valence-corrected chi connectivity index (χ0v) is 11.9. The zero-order valence-electron chi connectivity index (χ0n) is 11.9. The van der Waals surface area contributed by atoms with Crippen LogP contribution in [0.4, 0.5) is 0 Å². The van der Waals surface area contributed by atoms with Gasteiger partial charge in [-0.2, -0.15) is 0 Å². The molecule has 0 fully saturated rings. The normalized spacial score (nSPS) is 10.9. The van der Waals surface area contributed by atoms with Gasteiger partial charge in [0.15, 0.2) is 0 Å². The van der Waals surface area contributed by atoms with Crippen molar-refractivity contribution < 1.29 is 9.47 Å². The van der Waals surface area contributed by atoms with Crippen molar-refractivity contribution in [2.24, 2.45) is 0 Å². The third kappa shape index (κ3) is 6.06. The van der Waals surface area contributed by atoms with Crippen molar-refractivity contribution in [3.63, 3.8) is 0 Å². The molecule has 0 spiro atoms. The molecule has 0 aromatic heterocycles. The Morgan fingerprint density at radius 2 is 1.56 bits per heavy atom. The van der Waals surface area contributed by atoms with Crippen LogP contribution >= 0.6 is 0 Å². The van der Waals surface area contributed by atoms with E-state index in [1.54, 1.807) is 0 Å². The van der Waals surface area contributed by atoms with Crippen LogP contribution in [0.3, 0.4) is 0 Å². The molecular weight excluding hydrogens is 224 g/mol. The highest BCUT2D eigenvalue weighted by Crippen LogP contribution is 2.12. The lowest BCUT2D eigenvalue weighted by molar-refractivity contribution is 0.0233. The molecule has 0 saturated carbocycles. The summed E-state index contributed by atoms with van der Waals surface area (Å²) in [6, 6.07) is 8.14. The van der Waals surface area contributed by atoms with E-state index in [1.165, 1.54) is 18.4 Å². The van der Waals surface area contributed by atoms with Gasteiger partial charge in [-0.25, -0.2) is 0 Å². The first kappa shape index (κ1) is 15.0. The van der Waals surface area contributed by atoms with Gasteiger partial charge in [-0.05, 0) is 31.9 Å². The predicted octanol–water partition coefficient (Wildman–Crippen LogP) is 4.36. The van der Waals surface area contributed by atoms with E-state index < -0.39 is 0 Å². The zero-order chi connectivity index (χ0) is 13.2. The Bertz CT molecular complexity index is 299. The number of hydrogen-bond donors (Lipinski definition) is 0. The molecule has 0 aliphatic carbocycles. The van der Waals surface area contributed by atoms with E-state index in [-0.39, 0.29) is 0 Å². The molecule has 0 radical (unpaired) electrons. The van der Waals surface area contributed by atoms with Crippen molar-refractivity contribution in [3.8, 4) is 5.75 Å². The lowest BCUT2D eigenvalue weighted by Crippen LogP contribution is -2.17. The van der Waals surface area contributed by atoms with Crippen molar-refractivity contribution in [2.75, 3.05) is 13.2 Å². The molecule has 0 atom stereocenters. The van der Waals surface area contributed by atoms with Gasteiger partial charge in [0.05, 0.1) is 12.7 Å². The fourth-order valence-corrected chi connectivity index (χ4v) is 1.96. The molecule has 2 heteroatoms. The van der Waals surface area contributed by atoms with E-state index in [1.807, 2.05) is 12.1 Å². The Kier molecular flexibility index (Phi) is 7.51. The SMILES string of the molecule is CCCC(CCC)OCCOc1ccc(C)cc1. The van der Waals surface area contributed by atoms with Gasteiger partial charge in [0.25, 0.3) is 0 Å². The molecule has 0 heterocycles. The highest BCUT2D eigenvalue weighted by Gasteiger charge is 2.06. The Morgan fingerprint density at radius 1 is 0.944 bits per heavy atom. The second-order valence-corrected chi connectivity index (χ2v) is 4.73. The lowest BCUT2D eigenvalue weighted by atomic mass is 10.1. The van der Waals surface area contributed by atoms with Crippen molar-refractivity contribution in [1.29, 1.82) is 0 Å². The van der Waals surface area contributed by atoms with E-state index >= 15 is 0 Å². The summed E-state index contributed by atoms with van der Waals surface area (Å²) in [6.45, 7) is 7.79. The summed E-state index contributed by atoms with van der Waals surface area (Å²) in [4.78, 5) is 0. The van der Waals surface area contributed by atoms with Crippen LogP contribution in [0.25, 0.3) is 0 Å². The van der Waals surface area contributed by atoms with Crippen molar-refractivity contribution >= 4 is 0 Å². The standard InChI is InChI=1S/C16H26O2/c1-4-6-15(7-5-2)17-12-13-18-16-10-8-14(3)9-11-16/h8-11,15H,4-7,12-13H2,1-3H3. The highest BCUT2D eigenvalue weighted by molar-refractivity contribution is 5.26. The smallest absolute Gasteiger partial charge is 0.119 e. The van der Waals surface area contributed by atoms with Crippen LogP contribution < -0.4 is 4.74 Å². The lowest BCUT2D eigenvalue weighted by Gasteiger charge is -2.16. The minimum atomic E-state index is 0.404. The minimum absolute atomic E-state index is 0.404. The second kappa shape index (κ2) is 8.98. The minimum Gasteiger partial charge on any atom is -0.491 e. The summed E-state index contributed by atoms with van der Waals surface area (Å²) in [5, 5.41) is 0. The summed E-state index contributed by atoms with van der Waals surface area (Å²) in [5.41, 5.74) is 1.25. The maximum atomic E-state index is 5.84. The first-order chi connectivity index (χ1) is 8.76. The van der Waals surface area contributed by atoms with Crippen LogP contribution in [0, 0.1) is 6.92 Å². The molecular formula is C16H26O2. The van der Waals surface area contributed by atoms with Gasteiger partial charge in [0.1, 0.15) is 12.4 Å². The van der Waals surface area contributed by atoms with Crippen LogP contribution in [-0.2, 0) is 4.74 Å². The molecule has 1 aromatic rings. The quantitative estimate of drug-likeness (QED) is 0.606. The van der Waals surface area contributed by atoms with Crippen molar-refractivity contribution in [2.45, 2.75) is 52.6 Å². The van der Waals surface area contributed by atoms with Gasteiger partial charge in [-0.15, -0.1) is 0 Å². The van der Waals surface area contributed by atoms with Crippen LogP contribution in [0.2, 0.25) is 0 Å². The largest absolute Gasteiger partial charge is 0.491 e. The average molecular weight is 250 g/mol. The number of hydrogen-bond acceptors (Lipinski definition) is 2. The van der Waals surface area contributed by atoms with Crippen molar-refractivity contribution in [3.05, 3.63) is 29.8 Å². The van der Waals surface area contributed by atoms with E-state index in [0.29, 0.717) is 19.3 Å². The molecule has 102 valence electrons. The Hall–Kier alpha value is -1.02. The highest BCUT2D eigenvalue weighted by atomic mass is 16.5. The molecule has 0 aliphatic heterocycles. The van der Waals surface area contributed by atoms with Gasteiger partial charge in [-0.1, -0.05) is 44.4 Å². The monoisotopic (exact) mass is 250 g/mol. The summed E-state index contributed by atoms with van der Waals surface area (Å²) in [5.74, 6) is 0.923. The van der Waals surface area contributed by atoms with Crippen LogP contribution in [0.15, 0.2) is 24.3 Å². The maximum Gasteiger partial charge on any atom is 0.119 e. The Morgan fingerprint density at radius 3 is 2.11 bits per heavy atom. The molecule has 0 N–H and O–H groups in total. The summed E-state index contributed by atoms with van der Waals surface area (Å²) in [7, 11) is 0. The third-order valence-corrected chi connectivity index (χ3v) is 2.95. The fraction of sp³-hybridized carbons (Fsp3) is 0.625. The first-order valence-electron chi connectivity index (χ1n) is 7.07. The molecule has 0 unspecified atom stereocenters. The van der Waals surface area contributed by atoms with Crippen molar-refractivity contribution in [1.82, 2.24) is 0 Å². The first-order valence-corrected chi connectivity index (χ1v) is 7.07. The second-order valence-electron chi connectivity index (χ2n) is 4.73. The van der Waals surface area contributed by atoms with E-state index in [4.69, 9.17) is 9.47 Å². The van der Waals surface area contributed by atoms with Crippen LogP contribution in [-0.4, -0.2) is 19.3 Å². The van der Waals surface area contributed by atoms with E-state index in [2.05, 4.69) is 32.9 Å². The molecule has 0 saturated heterocycles. The van der Waals surface area contributed by atoms with E-state index in [9.17, 15) is 0 Å². The van der Waals surface area contributed by atoms with Gasteiger partial charge in [0.2, 0.25) is 0 Å². The molecule has 0 bridgehead atoms. The molecule has 0 aliphatic rings. The van der Waals surface area contributed by atoms with Crippen LogP contribution in [0.5, 0.6) is 5.75 Å². The van der Waals surface area contributed by atoms with Gasteiger partial charge >= 0.3 is 0 Å². The van der Waals surface area contributed by atoms with Gasteiger partial charge < -0.3 is 9.47 Å². The Balaban J connectivity index is 2.18. The number of aryl methyl sites for hydroxylation is 1.